The number of halogens is 2. The Balaban J connectivity index is 1.57. The summed E-state index contributed by atoms with van der Waals surface area (Å²) in [6.07, 6.45) is 2.16. The van der Waals surface area contributed by atoms with Gasteiger partial charge in [-0.05, 0) is 57.0 Å². The molecule has 37 heavy (non-hydrogen) atoms. The summed E-state index contributed by atoms with van der Waals surface area (Å²) in [6, 6.07) is 4.68. The van der Waals surface area contributed by atoms with Gasteiger partial charge in [0.25, 0.3) is 5.91 Å². The highest BCUT2D eigenvalue weighted by molar-refractivity contribution is 7.13. The number of hydrogen-bond acceptors (Lipinski definition) is 8. The molecule has 1 fully saturated rings. The second kappa shape index (κ2) is 11.0. The number of likely N-dealkylation sites (N-methyl/N-ethyl adjacent to an activating group) is 1. The second-order valence-corrected chi connectivity index (χ2v) is 10.2. The van der Waals surface area contributed by atoms with E-state index in [1.54, 1.807) is 17.9 Å². The van der Waals surface area contributed by atoms with Gasteiger partial charge in [-0.15, -0.1) is 5.10 Å². The van der Waals surface area contributed by atoms with E-state index in [4.69, 9.17) is 16.3 Å². The molecule has 13 heteroatoms. The molecule has 1 aliphatic heterocycles. The highest BCUT2D eigenvalue weighted by Crippen LogP contribution is 2.38. The molecule has 4 rings (SSSR count). The van der Waals surface area contributed by atoms with Gasteiger partial charge in [0.15, 0.2) is 5.82 Å². The fourth-order valence-corrected chi connectivity index (χ4v) is 4.96. The van der Waals surface area contributed by atoms with Gasteiger partial charge in [-0.1, -0.05) is 11.6 Å². The van der Waals surface area contributed by atoms with Gasteiger partial charge in [-0.2, -0.15) is 0 Å². The minimum atomic E-state index is -0.744. The Hall–Kier alpha value is -3.35. The molecule has 0 radical (unpaired) electrons. The van der Waals surface area contributed by atoms with Crippen LogP contribution < -0.4 is 14.9 Å². The van der Waals surface area contributed by atoms with Crippen LogP contribution in [0.5, 0.6) is 5.75 Å². The van der Waals surface area contributed by atoms with Gasteiger partial charge >= 0.3 is 4.87 Å². The lowest BCUT2D eigenvalue weighted by molar-refractivity contribution is -0.131. The van der Waals surface area contributed by atoms with Gasteiger partial charge < -0.3 is 14.5 Å². The maximum atomic E-state index is 15.1. The number of likely N-dealkylation sites (tertiary alicyclic amines) is 1. The molecule has 0 bridgehead atoms. The first kappa shape index (κ1) is 26.7. The standard InChI is InChI=1S/C24H26ClFN6O4S/c1-13-9-15(20-18(36-4)6-5-17(25)21(20)26)16(10-27-13)22(34)28-23-29-32(24(35)37-23)12-19(33)31-8-7-14(11-31)30(2)3/h5-6,9-10,14H,7-8,11-12H2,1-4H3,(H,28,29,34)/t14-/m1/s1. The van der Waals surface area contributed by atoms with Gasteiger partial charge in [-0.25, -0.2) is 9.07 Å². The van der Waals surface area contributed by atoms with E-state index in [1.165, 1.54) is 25.4 Å². The first-order valence-corrected chi connectivity index (χ1v) is 12.6. The average Bonchev–Trinajstić information content (AvgIpc) is 3.48. The predicted octanol–water partition coefficient (Wildman–Crippen LogP) is 2.89. The fraction of sp³-hybridized carbons (Fsp3) is 0.375. The molecule has 196 valence electrons. The molecule has 3 heterocycles. The lowest BCUT2D eigenvalue weighted by Crippen LogP contribution is -2.37. The Morgan fingerprint density at radius 1 is 1.35 bits per heavy atom. The minimum absolute atomic E-state index is 0.000413. The maximum absolute atomic E-state index is 15.1. The monoisotopic (exact) mass is 548 g/mol. The molecule has 0 spiro atoms. The number of anilines is 1. The smallest absolute Gasteiger partial charge is 0.327 e. The maximum Gasteiger partial charge on any atom is 0.327 e. The molecule has 10 nitrogen and oxygen atoms in total. The number of nitrogens with zero attached hydrogens (tertiary/aromatic N) is 5. The van der Waals surface area contributed by atoms with Crippen LogP contribution in [-0.2, 0) is 11.3 Å². The lowest BCUT2D eigenvalue weighted by atomic mass is 9.98. The summed E-state index contributed by atoms with van der Waals surface area (Å²) in [5, 5.41) is 6.55. The first-order chi connectivity index (χ1) is 17.6. The van der Waals surface area contributed by atoms with E-state index in [0.29, 0.717) is 30.1 Å². The summed E-state index contributed by atoms with van der Waals surface area (Å²) in [6.45, 7) is 2.66. The van der Waals surface area contributed by atoms with Crippen LogP contribution in [0.15, 0.2) is 29.2 Å². The highest BCUT2D eigenvalue weighted by atomic mass is 35.5. The van der Waals surface area contributed by atoms with Crippen LogP contribution in [0, 0.1) is 12.7 Å². The number of rotatable bonds is 7. The average molecular weight is 549 g/mol. The van der Waals surface area contributed by atoms with Crippen molar-refractivity contribution in [2.24, 2.45) is 0 Å². The molecule has 2 amide bonds. The van der Waals surface area contributed by atoms with E-state index < -0.39 is 16.6 Å². The van der Waals surface area contributed by atoms with Gasteiger partial charge in [0, 0.05) is 36.6 Å². The van der Waals surface area contributed by atoms with E-state index in [2.05, 4.69) is 20.3 Å². The normalized spacial score (nSPS) is 15.3. The van der Waals surface area contributed by atoms with Crippen molar-refractivity contribution in [1.29, 1.82) is 0 Å². The number of aryl methyl sites for hydroxylation is 1. The summed E-state index contributed by atoms with van der Waals surface area (Å²) >= 11 is 6.69. The quantitative estimate of drug-likeness (QED) is 0.483. The first-order valence-electron chi connectivity index (χ1n) is 11.4. The molecule has 1 saturated heterocycles. The predicted molar refractivity (Wildman–Crippen MR) is 139 cm³/mol. The topological polar surface area (TPSA) is 110 Å². The number of methoxy groups -OCH3 is 1. The van der Waals surface area contributed by atoms with Crippen LogP contribution in [0.2, 0.25) is 5.02 Å². The van der Waals surface area contributed by atoms with E-state index >= 15 is 4.39 Å². The zero-order valence-corrected chi connectivity index (χ0v) is 22.3. The van der Waals surface area contributed by atoms with Gasteiger partial charge in [0.05, 0.1) is 23.3 Å². The van der Waals surface area contributed by atoms with Gasteiger partial charge in [0.2, 0.25) is 11.0 Å². The van der Waals surface area contributed by atoms with Crippen LogP contribution in [0.3, 0.4) is 0 Å². The highest BCUT2D eigenvalue weighted by Gasteiger charge is 2.28. The van der Waals surface area contributed by atoms with Crippen molar-refractivity contribution in [1.82, 2.24) is 24.6 Å². The number of pyridine rings is 1. The molecule has 0 aliphatic carbocycles. The third-order valence-corrected chi connectivity index (χ3v) is 7.24. The number of ether oxygens (including phenoxy) is 1. The Kier molecular flexibility index (Phi) is 7.90. The molecule has 0 saturated carbocycles. The van der Waals surface area contributed by atoms with Crippen molar-refractivity contribution in [3.05, 3.63) is 56.2 Å². The van der Waals surface area contributed by atoms with Crippen molar-refractivity contribution in [2.75, 3.05) is 39.6 Å². The molecule has 2 aromatic heterocycles. The van der Waals surface area contributed by atoms with Crippen molar-refractivity contribution >= 4 is 39.9 Å². The SMILES string of the molecule is COc1ccc(Cl)c(F)c1-c1cc(C)ncc1C(=O)Nc1nn(CC(=O)N2CC[C@@H](N(C)C)C2)c(=O)s1. The summed E-state index contributed by atoms with van der Waals surface area (Å²) in [5.41, 5.74) is 0.797. The molecule has 1 aromatic carbocycles. The van der Waals surface area contributed by atoms with Crippen molar-refractivity contribution in [3.8, 4) is 16.9 Å². The Bertz CT molecular complexity index is 1410. The zero-order chi connectivity index (χ0) is 26.9. The molecular weight excluding hydrogens is 523 g/mol. The van der Waals surface area contributed by atoms with E-state index in [9.17, 15) is 14.4 Å². The van der Waals surface area contributed by atoms with Crippen molar-refractivity contribution in [3.63, 3.8) is 0 Å². The number of carbonyl (C=O) groups is 2. The third kappa shape index (κ3) is 5.65. The van der Waals surface area contributed by atoms with Crippen LogP contribution in [0.4, 0.5) is 9.52 Å². The van der Waals surface area contributed by atoms with Crippen LogP contribution in [0.1, 0.15) is 22.5 Å². The molecular formula is C24H26ClFN6O4S. The summed E-state index contributed by atoms with van der Waals surface area (Å²) in [7, 11) is 5.31. The lowest BCUT2D eigenvalue weighted by Gasteiger charge is -2.20. The van der Waals surface area contributed by atoms with Crippen LogP contribution in [-0.4, -0.2) is 76.7 Å². The molecule has 1 N–H and O–H groups in total. The Labute approximate surface area is 221 Å². The van der Waals surface area contributed by atoms with E-state index in [-0.39, 0.29) is 51.1 Å². The number of carbonyl (C=O) groups excluding carboxylic acids is 2. The van der Waals surface area contributed by atoms with Crippen molar-refractivity contribution in [2.45, 2.75) is 25.9 Å². The Morgan fingerprint density at radius 3 is 2.78 bits per heavy atom. The molecule has 3 aromatic rings. The number of amides is 2. The summed E-state index contributed by atoms with van der Waals surface area (Å²) < 4.78 is 21.4. The second-order valence-electron chi connectivity index (χ2n) is 8.84. The molecule has 1 atom stereocenters. The number of benzene rings is 1. The van der Waals surface area contributed by atoms with Gasteiger partial charge in [0.1, 0.15) is 12.3 Å². The number of hydrogen-bond donors (Lipinski definition) is 1. The van der Waals surface area contributed by atoms with Crippen LogP contribution >= 0.6 is 22.9 Å². The summed E-state index contributed by atoms with van der Waals surface area (Å²) in [5.74, 6) is -1.44. The Morgan fingerprint density at radius 2 is 2.11 bits per heavy atom. The third-order valence-electron chi connectivity index (χ3n) is 6.19. The van der Waals surface area contributed by atoms with Crippen LogP contribution in [0.25, 0.3) is 11.1 Å². The van der Waals surface area contributed by atoms with E-state index in [0.717, 1.165) is 11.1 Å². The minimum Gasteiger partial charge on any atom is -0.496 e. The van der Waals surface area contributed by atoms with E-state index in [1.807, 2.05) is 14.1 Å². The van der Waals surface area contributed by atoms with Crippen molar-refractivity contribution < 1.29 is 18.7 Å². The molecule has 1 aliphatic rings. The zero-order valence-electron chi connectivity index (χ0n) is 20.7. The number of aromatic nitrogens is 3. The summed E-state index contributed by atoms with van der Waals surface area (Å²) in [4.78, 5) is 45.8. The van der Waals surface area contributed by atoms with Gasteiger partial charge in [-0.3, -0.25) is 24.7 Å². The molecule has 0 unspecified atom stereocenters. The largest absolute Gasteiger partial charge is 0.496 e. The number of nitrogens with one attached hydrogen (secondary N) is 1. The fourth-order valence-electron chi connectivity index (χ4n) is 4.14.